The zero-order valence-corrected chi connectivity index (χ0v) is 13.3. The minimum Gasteiger partial charge on any atom is -0.353 e. The Morgan fingerprint density at radius 2 is 1.86 bits per heavy atom. The predicted molar refractivity (Wildman–Crippen MR) is 92.4 cm³/mol. The summed E-state index contributed by atoms with van der Waals surface area (Å²) in [5.74, 6) is 1.41. The molecule has 0 aliphatic heterocycles. The van der Waals surface area contributed by atoms with Gasteiger partial charge < -0.3 is 10.6 Å². The van der Waals surface area contributed by atoms with Gasteiger partial charge in [0, 0.05) is 30.6 Å². The van der Waals surface area contributed by atoms with Crippen molar-refractivity contribution in [1.82, 2.24) is 10.6 Å². The van der Waals surface area contributed by atoms with Crippen LogP contribution < -0.4 is 10.6 Å². The maximum absolute atomic E-state index is 6.17. The number of nitrogens with zero attached hydrogens (tertiary/aromatic N) is 1. The monoisotopic (exact) mass is 313 g/mol. The number of hydrogen-bond acceptors (Lipinski definition) is 1. The number of nitrogens with one attached hydrogen (secondary N) is 2. The molecule has 0 bridgehead atoms. The van der Waals surface area contributed by atoms with Crippen LogP contribution in [-0.4, -0.2) is 19.0 Å². The van der Waals surface area contributed by atoms with Crippen molar-refractivity contribution in [2.75, 3.05) is 7.05 Å². The number of halogens is 1. The van der Waals surface area contributed by atoms with Crippen molar-refractivity contribution >= 4 is 17.6 Å². The highest BCUT2D eigenvalue weighted by Crippen LogP contribution is 2.40. The number of rotatable bonds is 4. The van der Waals surface area contributed by atoms with Crippen molar-refractivity contribution < 1.29 is 0 Å². The van der Waals surface area contributed by atoms with Crippen LogP contribution in [0.15, 0.2) is 59.6 Å². The Bertz CT molecular complexity index is 654. The first-order valence-corrected chi connectivity index (χ1v) is 7.91. The maximum atomic E-state index is 6.17. The molecular formula is C18H20ClN3. The third kappa shape index (κ3) is 3.60. The van der Waals surface area contributed by atoms with Gasteiger partial charge in [-0.1, -0.05) is 60.1 Å². The Hall–Kier alpha value is -2.00. The van der Waals surface area contributed by atoms with Crippen molar-refractivity contribution in [3.63, 3.8) is 0 Å². The fourth-order valence-corrected chi connectivity index (χ4v) is 2.82. The van der Waals surface area contributed by atoms with E-state index in [2.05, 4.69) is 46.0 Å². The first-order chi connectivity index (χ1) is 10.8. The minimum absolute atomic E-state index is 0.458. The topological polar surface area (TPSA) is 36.4 Å². The SMILES string of the molecule is CN=C(NCc1ccccc1Cl)NC1CC1c1ccccc1. The van der Waals surface area contributed by atoms with Crippen LogP contribution in [0.2, 0.25) is 5.02 Å². The van der Waals surface area contributed by atoms with Crippen molar-refractivity contribution in [2.45, 2.75) is 24.9 Å². The lowest BCUT2D eigenvalue weighted by atomic mass is 10.1. The summed E-state index contributed by atoms with van der Waals surface area (Å²) in [5.41, 5.74) is 2.46. The Kier molecular flexibility index (Phi) is 4.64. The average Bonchev–Trinajstić information content (AvgIpc) is 3.33. The molecule has 0 amide bonds. The fourth-order valence-electron chi connectivity index (χ4n) is 2.61. The molecule has 1 aliphatic carbocycles. The molecule has 1 saturated carbocycles. The van der Waals surface area contributed by atoms with Gasteiger partial charge in [0.25, 0.3) is 0 Å². The van der Waals surface area contributed by atoms with E-state index in [1.54, 1.807) is 7.05 Å². The average molecular weight is 314 g/mol. The number of benzene rings is 2. The smallest absolute Gasteiger partial charge is 0.191 e. The van der Waals surface area contributed by atoms with E-state index in [0.717, 1.165) is 23.0 Å². The van der Waals surface area contributed by atoms with Gasteiger partial charge in [-0.3, -0.25) is 4.99 Å². The minimum atomic E-state index is 0.458. The molecule has 2 aromatic carbocycles. The molecule has 1 aliphatic rings. The summed E-state index contributed by atoms with van der Waals surface area (Å²) in [5, 5.41) is 7.58. The van der Waals surface area contributed by atoms with Crippen molar-refractivity contribution in [1.29, 1.82) is 0 Å². The van der Waals surface area contributed by atoms with Crippen LogP contribution >= 0.6 is 11.6 Å². The van der Waals surface area contributed by atoms with Crippen molar-refractivity contribution in [2.24, 2.45) is 4.99 Å². The molecule has 2 aromatic rings. The summed E-state index contributed by atoms with van der Waals surface area (Å²) in [6.45, 7) is 0.669. The molecule has 3 nitrogen and oxygen atoms in total. The van der Waals surface area contributed by atoms with Crippen molar-refractivity contribution in [3.05, 3.63) is 70.7 Å². The van der Waals surface area contributed by atoms with Gasteiger partial charge in [-0.2, -0.15) is 0 Å². The summed E-state index contributed by atoms with van der Waals surface area (Å²) >= 11 is 6.17. The lowest BCUT2D eigenvalue weighted by Gasteiger charge is -2.12. The third-order valence-corrected chi connectivity index (χ3v) is 4.34. The van der Waals surface area contributed by atoms with Gasteiger partial charge in [0.15, 0.2) is 5.96 Å². The molecule has 3 rings (SSSR count). The quantitative estimate of drug-likeness (QED) is 0.669. The van der Waals surface area contributed by atoms with Gasteiger partial charge in [-0.15, -0.1) is 0 Å². The van der Waals surface area contributed by atoms with Gasteiger partial charge in [0.05, 0.1) is 0 Å². The second-order valence-electron chi connectivity index (χ2n) is 5.52. The van der Waals surface area contributed by atoms with Crippen LogP contribution in [0.1, 0.15) is 23.5 Å². The Labute approximate surface area is 136 Å². The highest BCUT2D eigenvalue weighted by Gasteiger charge is 2.38. The Balaban J connectivity index is 1.53. The van der Waals surface area contributed by atoms with Crippen molar-refractivity contribution in [3.8, 4) is 0 Å². The first-order valence-electron chi connectivity index (χ1n) is 7.53. The zero-order chi connectivity index (χ0) is 15.4. The molecule has 0 radical (unpaired) electrons. The van der Waals surface area contributed by atoms with Crippen LogP contribution in [0.5, 0.6) is 0 Å². The molecule has 0 spiro atoms. The van der Waals surface area contributed by atoms with Gasteiger partial charge in [-0.25, -0.2) is 0 Å². The normalized spacial score (nSPS) is 20.5. The largest absolute Gasteiger partial charge is 0.353 e. The molecule has 0 heterocycles. The molecule has 2 atom stereocenters. The molecule has 114 valence electrons. The molecule has 0 aromatic heterocycles. The van der Waals surface area contributed by atoms with Gasteiger partial charge in [0.1, 0.15) is 0 Å². The van der Waals surface area contributed by atoms with E-state index in [1.807, 2.05) is 24.3 Å². The maximum Gasteiger partial charge on any atom is 0.191 e. The molecule has 2 N–H and O–H groups in total. The van der Waals surface area contributed by atoms with Gasteiger partial charge in [-0.05, 0) is 23.6 Å². The summed E-state index contributed by atoms with van der Waals surface area (Å²) in [6, 6.07) is 18.9. The molecule has 4 heteroatoms. The van der Waals surface area contributed by atoms with E-state index < -0.39 is 0 Å². The van der Waals surface area contributed by atoms with Crippen LogP contribution in [0.3, 0.4) is 0 Å². The second-order valence-corrected chi connectivity index (χ2v) is 5.93. The first kappa shape index (κ1) is 14.9. The highest BCUT2D eigenvalue weighted by molar-refractivity contribution is 6.31. The third-order valence-electron chi connectivity index (χ3n) is 3.97. The summed E-state index contributed by atoms with van der Waals surface area (Å²) in [6.07, 6.45) is 1.15. The standard InChI is InChI=1S/C18H20ClN3/c1-20-18(21-12-14-9-5-6-10-16(14)19)22-17-11-15(17)13-7-3-2-4-8-13/h2-10,15,17H,11-12H2,1H3,(H2,20,21,22). The lowest BCUT2D eigenvalue weighted by Crippen LogP contribution is -2.38. The molecular weight excluding hydrogens is 294 g/mol. The van der Waals surface area contributed by atoms with E-state index in [0.29, 0.717) is 18.5 Å². The second kappa shape index (κ2) is 6.84. The predicted octanol–water partition coefficient (Wildman–Crippen LogP) is 3.56. The van der Waals surface area contributed by atoms with Crippen LogP contribution in [-0.2, 0) is 6.54 Å². The van der Waals surface area contributed by atoms with Crippen LogP contribution in [0, 0.1) is 0 Å². The summed E-state index contributed by atoms with van der Waals surface area (Å²) in [4.78, 5) is 4.29. The van der Waals surface area contributed by atoms with Gasteiger partial charge >= 0.3 is 0 Å². The van der Waals surface area contributed by atoms with E-state index in [1.165, 1.54) is 5.56 Å². The Morgan fingerprint density at radius 1 is 1.14 bits per heavy atom. The van der Waals surface area contributed by atoms with E-state index in [4.69, 9.17) is 11.6 Å². The molecule has 1 fully saturated rings. The van der Waals surface area contributed by atoms with Gasteiger partial charge in [0.2, 0.25) is 0 Å². The zero-order valence-electron chi connectivity index (χ0n) is 12.6. The molecule has 22 heavy (non-hydrogen) atoms. The highest BCUT2D eigenvalue weighted by atomic mass is 35.5. The van der Waals surface area contributed by atoms with E-state index >= 15 is 0 Å². The Morgan fingerprint density at radius 3 is 2.59 bits per heavy atom. The number of hydrogen-bond donors (Lipinski definition) is 2. The summed E-state index contributed by atoms with van der Waals surface area (Å²) < 4.78 is 0. The number of guanidine groups is 1. The summed E-state index contributed by atoms with van der Waals surface area (Å²) in [7, 11) is 1.79. The molecule has 0 saturated heterocycles. The van der Waals surface area contributed by atoms with Crippen LogP contribution in [0.4, 0.5) is 0 Å². The lowest BCUT2D eigenvalue weighted by molar-refractivity contribution is 0.790. The molecule has 2 unspecified atom stereocenters. The van der Waals surface area contributed by atoms with E-state index in [9.17, 15) is 0 Å². The van der Waals surface area contributed by atoms with E-state index in [-0.39, 0.29) is 0 Å². The van der Waals surface area contributed by atoms with Crippen LogP contribution in [0.25, 0.3) is 0 Å². The fraction of sp³-hybridized carbons (Fsp3) is 0.278. The number of aliphatic imine (C=N–C) groups is 1.